The predicted molar refractivity (Wildman–Crippen MR) is 80.0 cm³/mol. The van der Waals surface area contributed by atoms with E-state index in [9.17, 15) is 18.7 Å². The molecule has 5 nitrogen and oxygen atoms in total. The summed E-state index contributed by atoms with van der Waals surface area (Å²) in [5.74, 6) is 0.110. The van der Waals surface area contributed by atoms with Crippen LogP contribution in [-0.2, 0) is 11.3 Å². The molecule has 2 atom stereocenters. The second-order valence-corrected chi connectivity index (χ2v) is 6.03. The second kappa shape index (κ2) is 6.23. The SMILES string of the molecule is CC(=O)C(C)(CCn1ccc(-c2ccco2)n1)C(C)(O)C(F)F. The summed E-state index contributed by atoms with van der Waals surface area (Å²) in [6.07, 6.45) is 0.225. The van der Waals surface area contributed by atoms with Gasteiger partial charge in [0.15, 0.2) is 5.76 Å². The van der Waals surface area contributed by atoms with E-state index >= 15 is 0 Å². The topological polar surface area (TPSA) is 68.3 Å². The predicted octanol–water partition coefficient (Wildman–Crippen LogP) is 3.14. The number of rotatable bonds is 7. The Bertz CT molecular complexity index is 665. The number of halogens is 2. The maximum absolute atomic E-state index is 13.1. The molecular formula is C16H20F2N2O3. The van der Waals surface area contributed by atoms with E-state index in [-0.39, 0.29) is 13.0 Å². The van der Waals surface area contributed by atoms with Gasteiger partial charge in [0.2, 0.25) is 0 Å². The first-order valence-electron chi connectivity index (χ1n) is 7.27. The lowest BCUT2D eigenvalue weighted by atomic mass is 9.69. The first-order chi connectivity index (χ1) is 10.7. The average molecular weight is 326 g/mol. The Balaban J connectivity index is 2.15. The average Bonchev–Trinajstić information content (AvgIpc) is 3.14. The third-order valence-corrected chi connectivity index (χ3v) is 4.57. The molecule has 0 aromatic carbocycles. The van der Waals surface area contributed by atoms with Crippen LogP contribution in [0.4, 0.5) is 8.78 Å². The van der Waals surface area contributed by atoms with E-state index in [0.29, 0.717) is 11.5 Å². The van der Waals surface area contributed by atoms with Gasteiger partial charge < -0.3 is 9.52 Å². The maximum atomic E-state index is 13.1. The van der Waals surface area contributed by atoms with E-state index in [4.69, 9.17) is 4.42 Å². The molecular weight excluding hydrogens is 306 g/mol. The van der Waals surface area contributed by atoms with Crippen LogP contribution in [-0.4, -0.2) is 32.7 Å². The number of alkyl halides is 2. The van der Waals surface area contributed by atoms with Crippen LogP contribution in [0.1, 0.15) is 27.2 Å². The third kappa shape index (κ3) is 3.19. The molecule has 2 rings (SSSR count). The number of hydrogen-bond acceptors (Lipinski definition) is 4. The van der Waals surface area contributed by atoms with Crippen LogP contribution >= 0.6 is 0 Å². The number of Topliss-reactive ketones (excluding diaryl/α,β-unsaturated/α-hetero) is 1. The van der Waals surface area contributed by atoms with Gasteiger partial charge in [-0.15, -0.1) is 0 Å². The number of ketones is 1. The summed E-state index contributed by atoms with van der Waals surface area (Å²) < 4.78 is 33.1. The van der Waals surface area contributed by atoms with Gasteiger partial charge in [0, 0.05) is 12.7 Å². The van der Waals surface area contributed by atoms with Crippen molar-refractivity contribution in [1.29, 1.82) is 0 Å². The fraction of sp³-hybridized carbons (Fsp3) is 0.500. The van der Waals surface area contributed by atoms with Gasteiger partial charge in [0.1, 0.15) is 17.1 Å². The minimum Gasteiger partial charge on any atom is -0.463 e. The molecule has 0 aliphatic rings. The summed E-state index contributed by atoms with van der Waals surface area (Å²) in [6, 6.07) is 5.23. The van der Waals surface area contributed by atoms with Gasteiger partial charge in [-0.25, -0.2) is 8.78 Å². The van der Waals surface area contributed by atoms with Crippen LogP contribution in [0.2, 0.25) is 0 Å². The van der Waals surface area contributed by atoms with Gasteiger partial charge in [-0.1, -0.05) is 0 Å². The Morgan fingerprint density at radius 3 is 2.65 bits per heavy atom. The molecule has 0 saturated carbocycles. The molecule has 126 valence electrons. The first kappa shape index (κ1) is 17.3. The van der Waals surface area contributed by atoms with E-state index in [1.54, 1.807) is 29.1 Å². The van der Waals surface area contributed by atoms with Crippen molar-refractivity contribution in [2.75, 3.05) is 0 Å². The Morgan fingerprint density at radius 1 is 1.43 bits per heavy atom. The maximum Gasteiger partial charge on any atom is 0.267 e. The molecule has 0 saturated heterocycles. The second-order valence-electron chi connectivity index (χ2n) is 6.03. The number of hydrogen-bond donors (Lipinski definition) is 1. The molecule has 2 heterocycles. The lowest BCUT2D eigenvalue weighted by Gasteiger charge is -2.40. The fourth-order valence-electron chi connectivity index (χ4n) is 2.41. The van der Waals surface area contributed by atoms with Crippen molar-refractivity contribution >= 4 is 5.78 Å². The Kier molecular flexibility index (Phi) is 4.70. The van der Waals surface area contributed by atoms with Crippen LogP contribution in [0.25, 0.3) is 11.5 Å². The molecule has 2 aromatic rings. The molecule has 0 amide bonds. The highest BCUT2D eigenvalue weighted by atomic mass is 19.3. The molecule has 23 heavy (non-hydrogen) atoms. The van der Waals surface area contributed by atoms with E-state index in [1.165, 1.54) is 20.1 Å². The van der Waals surface area contributed by atoms with Crippen LogP contribution < -0.4 is 0 Å². The Labute approximate surface area is 132 Å². The highest BCUT2D eigenvalue weighted by molar-refractivity contribution is 5.83. The van der Waals surface area contributed by atoms with E-state index < -0.39 is 23.2 Å². The molecule has 0 fully saturated rings. The standard InChI is InChI=1S/C16H20F2N2O3/c1-11(21)15(2,16(3,22)14(17)18)7-9-20-8-6-12(19-20)13-5-4-10-23-13/h4-6,8,10,14,22H,7,9H2,1-3H3. The molecule has 0 radical (unpaired) electrons. The largest absolute Gasteiger partial charge is 0.463 e. The van der Waals surface area contributed by atoms with Gasteiger partial charge >= 0.3 is 0 Å². The number of carbonyl (C=O) groups is 1. The smallest absolute Gasteiger partial charge is 0.267 e. The molecule has 0 bridgehead atoms. The quantitative estimate of drug-likeness (QED) is 0.849. The minimum atomic E-state index is -3.02. The summed E-state index contributed by atoms with van der Waals surface area (Å²) >= 11 is 0. The van der Waals surface area contributed by atoms with Crippen LogP contribution in [0.15, 0.2) is 35.1 Å². The molecule has 2 aromatic heterocycles. The van der Waals surface area contributed by atoms with Gasteiger partial charge in [0.05, 0.1) is 11.7 Å². The van der Waals surface area contributed by atoms with Crippen molar-refractivity contribution in [2.45, 2.75) is 45.8 Å². The molecule has 0 spiro atoms. The summed E-state index contributed by atoms with van der Waals surface area (Å²) in [4.78, 5) is 11.9. The van der Waals surface area contributed by atoms with Crippen LogP contribution in [0, 0.1) is 5.41 Å². The lowest BCUT2D eigenvalue weighted by molar-refractivity contribution is -0.174. The first-order valence-corrected chi connectivity index (χ1v) is 7.27. The van der Waals surface area contributed by atoms with Gasteiger partial charge in [-0.3, -0.25) is 9.48 Å². The van der Waals surface area contributed by atoms with Crippen molar-refractivity contribution in [3.8, 4) is 11.5 Å². The van der Waals surface area contributed by atoms with Crippen molar-refractivity contribution < 1.29 is 23.1 Å². The summed E-state index contributed by atoms with van der Waals surface area (Å²) in [6.45, 7) is 3.79. The zero-order valence-electron chi connectivity index (χ0n) is 13.3. The number of carbonyl (C=O) groups excluding carboxylic acids is 1. The molecule has 0 aliphatic carbocycles. The fourth-order valence-corrected chi connectivity index (χ4v) is 2.41. The Hall–Kier alpha value is -2.02. The highest BCUT2D eigenvalue weighted by Gasteiger charge is 2.52. The summed E-state index contributed by atoms with van der Waals surface area (Å²) in [5.41, 5.74) is -3.37. The van der Waals surface area contributed by atoms with E-state index in [1.807, 2.05) is 0 Å². The Morgan fingerprint density at radius 2 is 2.13 bits per heavy atom. The highest BCUT2D eigenvalue weighted by Crippen LogP contribution is 2.40. The number of aryl methyl sites for hydroxylation is 1. The lowest BCUT2D eigenvalue weighted by Crippen LogP contribution is -2.53. The van der Waals surface area contributed by atoms with Gasteiger partial charge in [0.25, 0.3) is 6.43 Å². The molecule has 7 heteroatoms. The summed E-state index contributed by atoms with van der Waals surface area (Å²) in [5, 5.41) is 14.4. The van der Waals surface area contributed by atoms with Gasteiger partial charge in [-0.05, 0) is 45.4 Å². The molecule has 2 unspecified atom stereocenters. The number of aliphatic hydroxyl groups is 1. The van der Waals surface area contributed by atoms with Crippen molar-refractivity contribution in [2.24, 2.45) is 5.41 Å². The number of furan rings is 1. The van der Waals surface area contributed by atoms with E-state index in [0.717, 1.165) is 6.92 Å². The van der Waals surface area contributed by atoms with E-state index in [2.05, 4.69) is 5.10 Å². The monoisotopic (exact) mass is 326 g/mol. The molecule has 0 aliphatic heterocycles. The van der Waals surface area contributed by atoms with Crippen LogP contribution in [0.3, 0.4) is 0 Å². The van der Waals surface area contributed by atoms with Crippen molar-refractivity contribution in [1.82, 2.24) is 9.78 Å². The third-order valence-electron chi connectivity index (χ3n) is 4.57. The van der Waals surface area contributed by atoms with Crippen LogP contribution in [0.5, 0.6) is 0 Å². The van der Waals surface area contributed by atoms with Crippen molar-refractivity contribution in [3.05, 3.63) is 30.7 Å². The zero-order chi connectivity index (χ0) is 17.3. The molecule has 1 N–H and O–H groups in total. The number of nitrogens with zero attached hydrogens (tertiary/aromatic N) is 2. The minimum absolute atomic E-state index is 0.0406. The zero-order valence-corrected chi connectivity index (χ0v) is 13.3. The normalized spacial score (nSPS) is 17.0. The van der Waals surface area contributed by atoms with Gasteiger partial charge in [-0.2, -0.15) is 5.10 Å². The summed E-state index contributed by atoms with van der Waals surface area (Å²) in [7, 11) is 0. The number of aromatic nitrogens is 2. The van der Waals surface area contributed by atoms with Crippen molar-refractivity contribution in [3.63, 3.8) is 0 Å².